The first-order valence-corrected chi connectivity index (χ1v) is 25.4. The summed E-state index contributed by atoms with van der Waals surface area (Å²) in [7, 11) is 0. The van der Waals surface area contributed by atoms with Gasteiger partial charge in [-0.15, -0.1) is 0 Å². The number of allylic oxidation sites excluding steroid dienone is 2. The van der Waals surface area contributed by atoms with Gasteiger partial charge in [-0.2, -0.15) is 0 Å². The highest BCUT2D eigenvalue weighted by Crippen LogP contribution is 2.69. The minimum Gasteiger partial charge on any atom is -0.393 e. The van der Waals surface area contributed by atoms with Crippen LogP contribution in [0.5, 0.6) is 0 Å². The second-order valence-corrected chi connectivity index (χ2v) is 24.6. The Balaban J connectivity index is 0.000000177. The lowest BCUT2D eigenvalue weighted by Crippen LogP contribution is -2.51. The second kappa shape index (κ2) is 17.5. The average molecular weight is 805 g/mol. The van der Waals surface area contributed by atoms with E-state index in [9.17, 15) is 20.4 Å². The predicted octanol–water partition coefficient (Wildman–Crippen LogP) is 12.7. The van der Waals surface area contributed by atoms with Gasteiger partial charge in [-0.3, -0.25) is 0 Å². The monoisotopic (exact) mass is 805 g/mol. The Morgan fingerprint density at radius 3 is 1.24 bits per heavy atom. The highest BCUT2D eigenvalue weighted by molar-refractivity contribution is 5.27. The number of rotatable bonds is 10. The fourth-order valence-corrected chi connectivity index (χ4v) is 17.2. The Morgan fingerprint density at radius 2 is 0.879 bits per heavy atom. The van der Waals surface area contributed by atoms with Crippen molar-refractivity contribution in [2.75, 3.05) is 0 Å². The Bertz CT molecular complexity index is 1360. The molecule has 0 heterocycles. The average Bonchev–Trinajstić information content (AvgIpc) is 3.72. The molecule has 0 radical (unpaired) electrons. The quantitative estimate of drug-likeness (QED) is 0.166. The fourth-order valence-electron chi connectivity index (χ4n) is 17.2. The Hall–Kier alpha value is -0.680. The van der Waals surface area contributed by atoms with Crippen molar-refractivity contribution in [3.05, 3.63) is 23.3 Å². The van der Waals surface area contributed by atoms with E-state index in [2.05, 4.69) is 81.4 Å². The van der Waals surface area contributed by atoms with Crippen LogP contribution in [0, 0.1) is 92.7 Å². The summed E-state index contributed by atoms with van der Waals surface area (Å²) in [5.41, 5.74) is 4.65. The molecular weight excluding hydrogens is 713 g/mol. The molecule has 6 fully saturated rings. The number of fused-ring (bicyclic) bond motifs is 10. The molecule has 3 unspecified atom stereocenters. The second-order valence-electron chi connectivity index (χ2n) is 24.6. The van der Waals surface area contributed by atoms with Crippen molar-refractivity contribution in [1.82, 2.24) is 0 Å². The molecular formula is C54H92O4. The molecule has 4 N–H and O–H groups in total. The van der Waals surface area contributed by atoms with Crippen molar-refractivity contribution in [2.24, 2.45) is 92.7 Å². The van der Waals surface area contributed by atoms with Crippen LogP contribution in [0.4, 0.5) is 0 Å². The van der Waals surface area contributed by atoms with Gasteiger partial charge in [0.2, 0.25) is 0 Å². The number of hydrogen-bond donors (Lipinski definition) is 4. The molecule has 6 saturated carbocycles. The molecule has 58 heavy (non-hydrogen) atoms. The molecule has 0 saturated heterocycles. The SMILES string of the molecule is CC(C)CCC(O)[C@@H](C)[C@H]1CC[C@H]2[C@@H]3CC=C4CC(O)CC[C@]4(C)[C@H]3CC[C@]12C.CC(C)CCC(O)[C@@H](C)[C@H]1CC[C@H]2[C@@H]3CC=C4C[C@@H](O)CC[C@]4(C)[C@H]3CC[C@]12C. The highest BCUT2D eigenvalue weighted by Gasteiger charge is 2.61. The lowest BCUT2D eigenvalue weighted by Gasteiger charge is -2.58. The van der Waals surface area contributed by atoms with Crippen molar-refractivity contribution >= 4 is 0 Å². The summed E-state index contributed by atoms with van der Waals surface area (Å²) in [5, 5.41) is 42.3. The summed E-state index contributed by atoms with van der Waals surface area (Å²) in [6.07, 6.45) is 28.2. The van der Waals surface area contributed by atoms with E-state index in [1.807, 2.05) is 0 Å². The van der Waals surface area contributed by atoms with Crippen molar-refractivity contribution in [3.8, 4) is 0 Å². The maximum absolute atomic E-state index is 11.0. The van der Waals surface area contributed by atoms with Crippen LogP contribution in [0.1, 0.15) is 198 Å². The third-order valence-corrected chi connectivity index (χ3v) is 20.9. The molecule has 4 nitrogen and oxygen atoms in total. The maximum atomic E-state index is 11.0. The molecule has 0 aromatic heterocycles. The topological polar surface area (TPSA) is 80.9 Å². The van der Waals surface area contributed by atoms with Crippen LogP contribution in [-0.2, 0) is 0 Å². The maximum Gasteiger partial charge on any atom is 0.0577 e. The number of aliphatic hydroxyl groups excluding tert-OH is 4. The standard InChI is InChI=1S/2C27H46O2/c2*1-17(2)6-11-25(29)18(3)22-9-10-23-21-8-7-19-16-20(28)12-14-26(19,4)24(21)13-15-27(22,23)5/h2*7,17-18,20-25,28-29H,6,8-16H2,1-5H3/t18-,20?,21-,22+,23-,24-,25?,26-,27+;18-,20-,21-,22+,23-,24-,25?,26-,27+/m00/s1. The zero-order chi connectivity index (χ0) is 41.9. The zero-order valence-electron chi connectivity index (χ0n) is 39.3. The van der Waals surface area contributed by atoms with Crippen LogP contribution in [0.25, 0.3) is 0 Å². The summed E-state index contributed by atoms with van der Waals surface area (Å²) >= 11 is 0. The van der Waals surface area contributed by atoms with Gasteiger partial charge in [-0.25, -0.2) is 0 Å². The normalized spacial score (nSPS) is 46.5. The van der Waals surface area contributed by atoms with Gasteiger partial charge in [-0.1, -0.05) is 92.5 Å². The molecule has 18 atom stereocenters. The van der Waals surface area contributed by atoms with E-state index in [4.69, 9.17) is 0 Å². The smallest absolute Gasteiger partial charge is 0.0577 e. The van der Waals surface area contributed by atoms with E-state index in [1.54, 1.807) is 11.1 Å². The van der Waals surface area contributed by atoms with E-state index >= 15 is 0 Å². The van der Waals surface area contributed by atoms with Gasteiger partial charge in [0.1, 0.15) is 0 Å². The molecule has 0 aromatic rings. The highest BCUT2D eigenvalue weighted by atomic mass is 16.3. The Kier molecular flexibility index (Phi) is 13.7. The van der Waals surface area contributed by atoms with Gasteiger partial charge < -0.3 is 20.4 Å². The summed E-state index contributed by atoms with van der Waals surface area (Å²) in [4.78, 5) is 0. The van der Waals surface area contributed by atoms with Gasteiger partial charge in [-0.05, 0) is 221 Å². The molecule has 8 rings (SSSR count). The van der Waals surface area contributed by atoms with Crippen molar-refractivity contribution in [1.29, 1.82) is 0 Å². The van der Waals surface area contributed by atoms with Crippen LogP contribution in [0.2, 0.25) is 0 Å². The van der Waals surface area contributed by atoms with Crippen molar-refractivity contribution < 1.29 is 20.4 Å². The van der Waals surface area contributed by atoms with Crippen LogP contribution < -0.4 is 0 Å². The number of aliphatic hydroxyl groups is 4. The molecule has 0 amide bonds. The van der Waals surface area contributed by atoms with E-state index < -0.39 is 0 Å². The predicted molar refractivity (Wildman–Crippen MR) is 241 cm³/mol. The molecule has 0 aliphatic heterocycles. The summed E-state index contributed by atoms with van der Waals surface area (Å²) in [5.74, 6) is 8.50. The Labute approximate surface area is 357 Å². The Morgan fingerprint density at radius 1 is 0.500 bits per heavy atom. The lowest BCUT2D eigenvalue weighted by atomic mass is 9.47. The lowest BCUT2D eigenvalue weighted by molar-refractivity contribution is -0.0681. The van der Waals surface area contributed by atoms with E-state index in [1.165, 1.54) is 77.0 Å². The van der Waals surface area contributed by atoms with E-state index in [0.717, 1.165) is 86.9 Å². The minimum atomic E-state index is -0.133. The largest absolute Gasteiger partial charge is 0.393 e. The van der Waals surface area contributed by atoms with Gasteiger partial charge >= 0.3 is 0 Å². The third-order valence-electron chi connectivity index (χ3n) is 20.9. The van der Waals surface area contributed by atoms with Crippen LogP contribution >= 0.6 is 0 Å². The van der Waals surface area contributed by atoms with Gasteiger partial charge in [0.05, 0.1) is 24.4 Å². The molecule has 0 aromatic carbocycles. The molecule has 8 aliphatic carbocycles. The van der Waals surface area contributed by atoms with Gasteiger partial charge in [0, 0.05) is 0 Å². The molecule has 8 aliphatic rings. The van der Waals surface area contributed by atoms with Crippen molar-refractivity contribution in [2.45, 2.75) is 222 Å². The molecule has 332 valence electrons. The van der Waals surface area contributed by atoms with Crippen LogP contribution in [0.3, 0.4) is 0 Å². The zero-order valence-corrected chi connectivity index (χ0v) is 39.3. The van der Waals surface area contributed by atoms with Crippen LogP contribution in [-0.4, -0.2) is 44.8 Å². The van der Waals surface area contributed by atoms with Crippen molar-refractivity contribution in [3.63, 3.8) is 0 Å². The van der Waals surface area contributed by atoms with E-state index in [0.29, 0.717) is 57.2 Å². The van der Waals surface area contributed by atoms with Gasteiger partial charge in [0.15, 0.2) is 0 Å². The molecule has 0 bridgehead atoms. The summed E-state index contributed by atoms with van der Waals surface area (Å²) in [6, 6.07) is 0. The number of hydrogen-bond acceptors (Lipinski definition) is 4. The summed E-state index contributed by atoms with van der Waals surface area (Å²) < 4.78 is 0. The third kappa shape index (κ3) is 8.17. The minimum absolute atomic E-state index is 0.108. The molecule has 4 heteroatoms. The van der Waals surface area contributed by atoms with Crippen LogP contribution in [0.15, 0.2) is 23.3 Å². The van der Waals surface area contributed by atoms with Gasteiger partial charge in [0.25, 0.3) is 0 Å². The molecule has 0 spiro atoms. The summed E-state index contributed by atoms with van der Waals surface area (Å²) in [6.45, 7) is 24.0. The first kappa shape index (κ1) is 45.3. The van der Waals surface area contributed by atoms with E-state index in [-0.39, 0.29) is 24.4 Å². The fraction of sp³-hybridized carbons (Fsp3) is 0.926. The first-order chi connectivity index (χ1) is 27.3. The first-order valence-electron chi connectivity index (χ1n) is 25.4.